The molecule has 25 heavy (non-hydrogen) atoms. The van der Waals surface area contributed by atoms with E-state index in [0.717, 1.165) is 6.92 Å². The van der Waals surface area contributed by atoms with Crippen molar-refractivity contribution in [2.45, 2.75) is 32.7 Å². The van der Waals surface area contributed by atoms with Crippen molar-refractivity contribution in [3.8, 4) is 0 Å². The first-order valence-corrected chi connectivity index (χ1v) is 7.79. The molecule has 1 amide bonds. The number of esters is 1. The van der Waals surface area contributed by atoms with E-state index in [1.807, 2.05) is 0 Å². The van der Waals surface area contributed by atoms with Crippen LogP contribution in [-0.2, 0) is 25.5 Å². The highest BCUT2D eigenvalue weighted by atomic mass is 19.3. The minimum absolute atomic E-state index is 0.00656. The Hall–Kier alpha value is -2.51. The molecule has 1 aromatic rings. The number of carboxylic acids is 1. The van der Waals surface area contributed by atoms with Gasteiger partial charge in [0.25, 0.3) is 6.43 Å². The summed E-state index contributed by atoms with van der Waals surface area (Å²) in [6.07, 6.45) is -3.11. The standard InChI is InChI=1S/C17H21F2NO5/c1-3-25-17(24)13(14(18)19)10(2)15(21)20-12(16(22)23)9-11-7-5-4-6-8-11/h4-8,10,12-14H,3,9H2,1-2H3,(H,20,21)(H,22,23)/t10?,12-,13?/m0/s1. The maximum absolute atomic E-state index is 13.1. The SMILES string of the molecule is CCOC(=O)C(C(F)F)C(C)C(=O)N[C@@H](Cc1ccccc1)C(=O)O. The van der Waals surface area contributed by atoms with E-state index in [-0.39, 0.29) is 13.0 Å². The molecule has 0 bridgehead atoms. The predicted octanol–water partition coefficient (Wildman–Crippen LogP) is 1.88. The highest BCUT2D eigenvalue weighted by Crippen LogP contribution is 2.22. The van der Waals surface area contributed by atoms with Gasteiger partial charge in [-0.15, -0.1) is 0 Å². The molecule has 0 aliphatic rings. The molecule has 0 saturated carbocycles. The molecule has 138 valence electrons. The Balaban J connectivity index is 2.84. The zero-order valence-electron chi connectivity index (χ0n) is 13.9. The van der Waals surface area contributed by atoms with Gasteiger partial charge in [0.2, 0.25) is 5.91 Å². The van der Waals surface area contributed by atoms with E-state index < -0.39 is 42.1 Å². The number of carbonyl (C=O) groups is 3. The normalized spacial score (nSPS) is 14.4. The molecule has 8 heteroatoms. The van der Waals surface area contributed by atoms with Gasteiger partial charge >= 0.3 is 11.9 Å². The van der Waals surface area contributed by atoms with E-state index in [9.17, 15) is 28.3 Å². The van der Waals surface area contributed by atoms with Crippen molar-refractivity contribution in [1.29, 1.82) is 0 Å². The van der Waals surface area contributed by atoms with Gasteiger partial charge in [0, 0.05) is 6.42 Å². The molecule has 0 radical (unpaired) electrons. The van der Waals surface area contributed by atoms with Gasteiger partial charge in [-0.25, -0.2) is 13.6 Å². The summed E-state index contributed by atoms with van der Waals surface area (Å²) < 4.78 is 30.8. The van der Waals surface area contributed by atoms with Crippen molar-refractivity contribution in [1.82, 2.24) is 5.32 Å². The van der Waals surface area contributed by atoms with Crippen LogP contribution in [0.5, 0.6) is 0 Å². The van der Waals surface area contributed by atoms with E-state index in [0.29, 0.717) is 5.56 Å². The number of alkyl halides is 2. The Morgan fingerprint density at radius 1 is 1.20 bits per heavy atom. The molecule has 0 aliphatic carbocycles. The van der Waals surface area contributed by atoms with Gasteiger partial charge in [-0.05, 0) is 12.5 Å². The molecule has 1 aromatic carbocycles. The lowest BCUT2D eigenvalue weighted by Gasteiger charge is -2.23. The van der Waals surface area contributed by atoms with Crippen molar-refractivity contribution in [2.24, 2.45) is 11.8 Å². The molecule has 0 aliphatic heterocycles. The van der Waals surface area contributed by atoms with Gasteiger partial charge in [-0.3, -0.25) is 9.59 Å². The highest BCUT2D eigenvalue weighted by Gasteiger charge is 2.39. The van der Waals surface area contributed by atoms with Crippen LogP contribution in [0, 0.1) is 11.8 Å². The number of amides is 1. The molecule has 0 saturated heterocycles. The average molecular weight is 357 g/mol. The number of hydrogen-bond acceptors (Lipinski definition) is 4. The average Bonchev–Trinajstić information content (AvgIpc) is 2.54. The second kappa shape index (κ2) is 9.71. The van der Waals surface area contributed by atoms with Crippen molar-refractivity contribution >= 4 is 17.8 Å². The third-order valence-electron chi connectivity index (χ3n) is 3.68. The quantitative estimate of drug-likeness (QED) is 0.658. The number of ether oxygens (including phenoxy) is 1. The van der Waals surface area contributed by atoms with E-state index in [4.69, 9.17) is 0 Å². The molecule has 2 N–H and O–H groups in total. The highest BCUT2D eigenvalue weighted by molar-refractivity contribution is 5.88. The Morgan fingerprint density at radius 2 is 1.80 bits per heavy atom. The molecule has 2 unspecified atom stereocenters. The lowest BCUT2D eigenvalue weighted by atomic mass is 9.93. The van der Waals surface area contributed by atoms with Crippen LogP contribution in [0.1, 0.15) is 19.4 Å². The topological polar surface area (TPSA) is 92.7 Å². The van der Waals surface area contributed by atoms with Gasteiger partial charge in [-0.2, -0.15) is 0 Å². The molecule has 1 rings (SSSR count). The zero-order chi connectivity index (χ0) is 19.0. The summed E-state index contributed by atoms with van der Waals surface area (Å²) in [5.41, 5.74) is 0.665. The smallest absolute Gasteiger partial charge is 0.326 e. The van der Waals surface area contributed by atoms with Crippen LogP contribution < -0.4 is 5.32 Å². The lowest BCUT2D eigenvalue weighted by molar-refractivity contribution is -0.159. The Morgan fingerprint density at radius 3 is 2.28 bits per heavy atom. The van der Waals surface area contributed by atoms with Crippen LogP contribution >= 0.6 is 0 Å². The summed E-state index contributed by atoms with van der Waals surface area (Å²) >= 11 is 0. The maximum Gasteiger partial charge on any atom is 0.326 e. The number of aliphatic carboxylic acids is 1. The maximum atomic E-state index is 13.1. The number of hydrogen-bond donors (Lipinski definition) is 2. The fourth-order valence-corrected chi connectivity index (χ4v) is 2.28. The Bertz CT molecular complexity index is 594. The molecule has 0 spiro atoms. The zero-order valence-corrected chi connectivity index (χ0v) is 13.9. The number of carboxylic acid groups (broad SMARTS) is 1. The first-order valence-electron chi connectivity index (χ1n) is 7.79. The summed E-state index contributed by atoms with van der Waals surface area (Å²) in [6, 6.07) is 7.27. The molecule has 0 fully saturated rings. The van der Waals surface area contributed by atoms with Crippen LogP contribution in [0.4, 0.5) is 8.78 Å². The number of halogens is 2. The minimum Gasteiger partial charge on any atom is -0.480 e. The number of nitrogens with one attached hydrogen (secondary N) is 1. The van der Waals surface area contributed by atoms with Gasteiger partial charge in [0.05, 0.1) is 12.5 Å². The Labute approximate surface area is 144 Å². The van der Waals surface area contributed by atoms with Crippen LogP contribution in [0.15, 0.2) is 30.3 Å². The molecule has 6 nitrogen and oxygen atoms in total. The molecule has 0 heterocycles. The van der Waals surface area contributed by atoms with Crippen molar-refractivity contribution in [2.75, 3.05) is 6.61 Å². The third-order valence-corrected chi connectivity index (χ3v) is 3.68. The summed E-state index contributed by atoms with van der Waals surface area (Å²) in [6.45, 7) is 2.51. The van der Waals surface area contributed by atoms with Gasteiger partial charge in [0.15, 0.2) is 0 Å². The number of benzene rings is 1. The number of rotatable bonds is 9. The van der Waals surface area contributed by atoms with Crippen LogP contribution in [0.2, 0.25) is 0 Å². The lowest BCUT2D eigenvalue weighted by Crippen LogP contribution is -2.47. The van der Waals surface area contributed by atoms with E-state index >= 15 is 0 Å². The predicted molar refractivity (Wildman–Crippen MR) is 85.0 cm³/mol. The minimum atomic E-state index is -3.10. The Kier molecular flexibility index (Phi) is 7.97. The van der Waals surface area contributed by atoms with Crippen molar-refractivity contribution < 1.29 is 33.0 Å². The van der Waals surface area contributed by atoms with Crippen molar-refractivity contribution in [3.63, 3.8) is 0 Å². The second-order valence-corrected chi connectivity index (χ2v) is 5.49. The van der Waals surface area contributed by atoms with Crippen LogP contribution in [0.3, 0.4) is 0 Å². The fourth-order valence-electron chi connectivity index (χ4n) is 2.28. The van der Waals surface area contributed by atoms with Crippen molar-refractivity contribution in [3.05, 3.63) is 35.9 Å². The molecule has 0 aromatic heterocycles. The first-order chi connectivity index (χ1) is 11.8. The van der Waals surface area contributed by atoms with Gasteiger partial charge in [-0.1, -0.05) is 37.3 Å². The van der Waals surface area contributed by atoms with E-state index in [2.05, 4.69) is 10.1 Å². The van der Waals surface area contributed by atoms with E-state index in [1.54, 1.807) is 30.3 Å². The summed E-state index contributed by atoms with van der Waals surface area (Å²) in [5, 5.41) is 11.5. The molecule has 3 atom stereocenters. The second-order valence-electron chi connectivity index (χ2n) is 5.49. The van der Waals surface area contributed by atoms with E-state index in [1.165, 1.54) is 6.92 Å². The summed E-state index contributed by atoms with van der Waals surface area (Å²) in [4.78, 5) is 35.2. The van der Waals surface area contributed by atoms with Crippen LogP contribution in [-0.4, -0.2) is 42.0 Å². The molecular weight excluding hydrogens is 336 g/mol. The van der Waals surface area contributed by atoms with Crippen LogP contribution in [0.25, 0.3) is 0 Å². The van der Waals surface area contributed by atoms with Gasteiger partial charge < -0.3 is 15.2 Å². The fraction of sp³-hybridized carbons (Fsp3) is 0.471. The monoisotopic (exact) mass is 357 g/mol. The largest absolute Gasteiger partial charge is 0.480 e. The third kappa shape index (κ3) is 6.13. The summed E-state index contributed by atoms with van der Waals surface area (Å²) in [7, 11) is 0. The molecular formula is C17H21F2NO5. The first kappa shape index (κ1) is 20.5. The number of carbonyl (C=O) groups excluding carboxylic acids is 2. The summed E-state index contributed by atoms with van der Waals surface area (Å²) in [5.74, 6) is -6.81. The van der Waals surface area contributed by atoms with Gasteiger partial charge in [0.1, 0.15) is 12.0 Å².